The Kier molecular flexibility index (Phi) is 5.76. The summed E-state index contributed by atoms with van der Waals surface area (Å²) in [6.07, 6.45) is 3.54. The topological polar surface area (TPSA) is 43.4 Å². The molecule has 4 heteroatoms. The number of hydrogen-bond donors (Lipinski definition) is 0. The van der Waals surface area contributed by atoms with Gasteiger partial charge in [0, 0.05) is 5.75 Å². The van der Waals surface area contributed by atoms with E-state index in [1.54, 1.807) is 0 Å². The smallest absolute Gasteiger partial charge is 0.346 e. The molecule has 4 rings (SSSR count). The average Bonchev–Trinajstić information content (AvgIpc) is 2.76. The molecule has 0 spiro atoms. The normalized spacial score (nSPS) is 21.9. The van der Waals surface area contributed by atoms with Crippen molar-refractivity contribution in [1.29, 1.82) is 0 Å². The highest BCUT2D eigenvalue weighted by atomic mass is 32.3. The summed E-state index contributed by atoms with van der Waals surface area (Å²) in [5.74, 6) is 1.55. The second-order valence-corrected chi connectivity index (χ2v) is 12.3. The Balaban J connectivity index is 1.84. The van der Waals surface area contributed by atoms with Gasteiger partial charge in [0.2, 0.25) is 0 Å². The van der Waals surface area contributed by atoms with Gasteiger partial charge in [-0.3, -0.25) is 4.79 Å². The minimum absolute atomic E-state index is 0.197. The van der Waals surface area contributed by atoms with E-state index >= 15 is 0 Å². The van der Waals surface area contributed by atoms with Crippen LogP contribution in [0.3, 0.4) is 0 Å². The predicted octanol–water partition coefficient (Wildman–Crippen LogP) is 6.77. The number of carbonyl (C=O) groups excluding carboxylic acids is 2. The molecule has 0 saturated carbocycles. The van der Waals surface area contributed by atoms with Crippen LogP contribution in [0.15, 0.2) is 77.0 Å². The number of carbonyl (C=O) groups is 2. The van der Waals surface area contributed by atoms with Crippen LogP contribution in [-0.2, 0) is 15.3 Å². The molecule has 1 aliphatic heterocycles. The van der Waals surface area contributed by atoms with Crippen LogP contribution in [0, 0.1) is 12.3 Å². The van der Waals surface area contributed by atoms with Gasteiger partial charge in [-0.2, -0.15) is 10.0 Å². The van der Waals surface area contributed by atoms with Gasteiger partial charge in [-0.1, -0.05) is 68.5 Å². The van der Waals surface area contributed by atoms with E-state index in [0.29, 0.717) is 5.56 Å². The van der Waals surface area contributed by atoms with Crippen molar-refractivity contribution in [3.8, 4) is 0 Å². The number of esters is 1. The molecule has 3 aromatic carbocycles. The number of hydrogen-bond acceptors (Lipinski definition) is 3. The van der Waals surface area contributed by atoms with Crippen molar-refractivity contribution in [2.45, 2.75) is 37.8 Å². The van der Waals surface area contributed by atoms with E-state index in [0.717, 1.165) is 34.3 Å². The maximum absolute atomic E-state index is 12.4. The number of fused-ring (bicyclic) bond motifs is 1. The third kappa shape index (κ3) is 4.31. The highest BCUT2D eigenvalue weighted by Gasteiger charge is 2.32. The lowest BCUT2D eigenvalue weighted by Crippen LogP contribution is -2.20. The fourth-order valence-corrected chi connectivity index (χ4v) is 8.17. The summed E-state index contributed by atoms with van der Waals surface area (Å²) >= 11 is 0. The second kappa shape index (κ2) is 8.35. The van der Waals surface area contributed by atoms with Crippen molar-refractivity contribution >= 4 is 33.2 Å². The minimum Gasteiger partial charge on any atom is -0.392 e. The molecule has 31 heavy (non-hydrogen) atoms. The zero-order chi connectivity index (χ0) is 22.1. The molecule has 0 radical (unpaired) electrons. The molecular formula is C27H28O3S. The lowest BCUT2D eigenvalue weighted by atomic mass is 9.90. The summed E-state index contributed by atoms with van der Waals surface area (Å²) in [6, 6.07) is 21.1. The summed E-state index contributed by atoms with van der Waals surface area (Å²) < 4.78 is 4.66. The largest absolute Gasteiger partial charge is 0.392 e. The van der Waals surface area contributed by atoms with Crippen LogP contribution in [-0.4, -0.2) is 18.2 Å². The van der Waals surface area contributed by atoms with Crippen molar-refractivity contribution in [2.75, 3.05) is 5.75 Å². The van der Waals surface area contributed by atoms with Crippen LogP contribution in [0.4, 0.5) is 0 Å². The van der Waals surface area contributed by atoms with E-state index < -0.39 is 16.0 Å². The predicted molar refractivity (Wildman–Crippen MR) is 129 cm³/mol. The van der Waals surface area contributed by atoms with Gasteiger partial charge in [0.05, 0.1) is 5.56 Å². The molecule has 0 amide bonds. The Morgan fingerprint density at radius 1 is 1.10 bits per heavy atom. The quantitative estimate of drug-likeness (QED) is 0.254. The van der Waals surface area contributed by atoms with Crippen LogP contribution in [0.1, 0.15) is 41.8 Å². The SMILES string of the molecule is Cc1ccc2cc(S3(Cc4ccccc4)C=CC(C)(C)CC3)ccc2c1C(=O)OC=O. The third-order valence-corrected chi connectivity index (χ3v) is 9.82. The Morgan fingerprint density at radius 2 is 1.87 bits per heavy atom. The van der Waals surface area contributed by atoms with Gasteiger partial charge in [0.25, 0.3) is 0 Å². The fraction of sp³-hybridized carbons (Fsp3) is 0.259. The number of aryl methyl sites for hydroxylation is 1. The van der Waals surface area contributed by atoms with E-state index in [9.17, 15) is 9.59 Å². The maximum Gasteiger partial charge on any atom is 0.346 e. The first-order valence-corrected chi connectivity index (χ1v) is 12.6. The highest BCUT2D eigenvalue weighted by molar-refractivity contribution is 8.35. The molecule has 0 fully saturated rings. The standard InChI is InChI=1S/C27H28O3S/c1-20-9-10-22-17-23(11-12-24(22)25(20)26(29)30-19-28)31(15-13-27(2,3)14-16-31)18-21-7-5-4-6-8-21/h4-13,15,17,19H,14,16,18H2,1-3H3. The van der Waals surface area contributed by atoms with Gasteiger partial charge >= 0.3 is 12.4 Å². The zero-order valence-corrected chi connectivity index (χ0v) is 19.1. The summed E-state index contributed by atoms with van der Waals surface area (Å²) in [7, 11) is -1.20. The van der Waals surface area contributed by atoms with Gasteiger partial charge < -0.3 is 4.74 Å². The Bertz CT molecular complexity index is 1160. The molecular weight excluding hydrogens is 404 g/mol. The Labute approximate surface area is 185 Å². The molecule has 0 bridgehead atoms. The van der Waals surface area contributed by atoms with E-state index in [1.165, 1.54) is 10.5 Å². The van der Waals surface area contributed by atoms with Gasteiger partial charge in [-0.15, -0.1) is 0 Å². The van der Waals surface area contributed by atoms with Gasteiger partial charge in [-0.25, -0.2) is 4.79 Å². The molecule has 0 aliphatic carbocycles. The van der Waals surface area contributed by atoms with Crippen molar-refractivity contribution in [3.63, 3.8) is 0 Å². The van der Waals surface area contributed by atoms with Crippen molar-refractivity contribution in [3.05, 3.63) is 88.8 Å². The number of benzene rings is 3. The summed E-state index contributed by atoms with van der Waals surface area (Å²) in [5.41, 5.74) is 2.83. The van der Waals surface area contributed by atoms with E-state index in [2.05, 4.69) is 78.6 Å². The zero-order valence-electron chi connectivity index (χ0n) is 18.3. The minimum atomic E-state index is -1.20. The molecule has 1 heterocycles. The molecule has 3 nitrogen and oxygen atoms in total. The molecule has 160 valence electrons. The van der Waals surface area contributed by atoms with Crippen molar-refractivity contribution in [2.24, 2.45) is 5.41 Å². The van der Waals surface area contributed by atoms with E-state index in [4.69, 9.17) is 0 Å². The molecule has 0 aromatic heterocycles. The van der Waals surface area contributed by atoms with E-state index in [1.807, 2.05) is 19.1 Å². The third-order valence-electron chi connectivity index (χ3n) is 6.19. The molecule has 1 atom stereocenters. The first kappa shape index (κ1) is 21.4. The molecule has 0 saturated heterocycles. The molecule has 3 aromatic rings. The van der Waals surface area contributed by atoms with Crippen LogP contribution in [0.2, 0.25) is 0 Å². The van der Waals surface area contributed by atoms with Crippen molar-refractivity contribution < 1.29 is 14.3 Å². The molecule has 1 aliphatic rings. The lowest BCUT2D eigenvalue weighted by Gasteiger charge is -2.44. The first-order valence-electron chi connectivity index (χ1n) is 10.5. The van der Waals surface area contributed by atoms with Gasteiger partial charge in [-0.05, 0) is 68.8 Å². The monoisotopic (exact) mass is 432 g/mol. The number of ether oxygens (including phenoxy) is 1. The summed E-state index contributed by atoms with van der Waals surface area (Å²) in [4.78, 5) is 24.4. The summed E-state index contributed by atoms with van der Waals surface area (Å²) in [5, 5.41) is 4.30. The second-order valence-electron chi connectivity index (χ2n) is 8.96. The average molecular weight is 433 g/mol. The van der Waals surface area contributed by atoms with Gasteiger partial charge in [0.15, 0.2) is 0 Å². The molecule has 0 N–H and O–H groups in total. The lowest BCUT2D eigenvalue weighted by molar-refractivity contribution is -0.123. The van der Waals surface area contributed by atoms with Crippen LogP contribution < -0.4 is 0 Å². The fourth-order valence-electron chi connectivity index (χ4n) is 4.23. The number of rotatable bonds is 5. The maximum atomic E-state index is 12.4. The van der Waals surface area contributed by atoms with Gasteiger partial charge in [0.1, 0.15) is 0 Å². The van der Waals surface area contributed by atoms with Crippen LogP contribution in [0.5, 0.6) is 0 Å². The first-order chi connectivity index (χ1) is 14.8. The van der Waals surface area contributed by atoms with Crippen LogP contribution >= 0.6 is 10.0 Å². The van der Waals surface area contributed by atoms with E-state index in [-0.39, 0.29) is 11.9 Å². The number of allylic oxidation sites excluding steroid dienone is 1. The Morgan fingerprint density at radius 3 is 2.55 bits per heavy atom. The van der Waals surface area contributed by atoms with Crippen molar-refractivity contribution in [1.82, 2.24) is 0 Å². The highest BCUT2D eigenvalue weighted by Crippen LogP contribution is 2.64. The van der Waals surface area contributed by atoms with Crippen LogP contribution in [0.25, 0.3) is 10.8 Å². The molecule has 1 unspecified atom stereocenters. The Hall–Kier alpha value is -2.85. The summed E-state index contributed by atoms with van der Waals surface area (Å²) in [6.45, 7) is 6.65.